The van der Waals surface area contributed by atoms with E-state index in [0.717, 1.165) is 5.56 Å². The number of amides is 1. The molecule has 6 nitrogen and oxygen atoms in total. The van der Waals surface area contributed by atoms with Gasteiger partial charge in [-0.1, -0.05) is 36.4 Å². The second-order valence-corrected chi connectivity index (χ2v) is 5.03. The van der Waals surface area contributed by atoms with Crippen LogP contribution in [0.4, 0.5) is 5.69 Å². The number of hydrogen-bond donors (Lipinski definition) is 1. The van der Waals surface area contributed by atoms with E-state index in [0.29, 0.717) is 12.0 Å². The predicted octanol–water partition coefficient (Wildman–Crippen LogP) is 2.13. The lowest BCUT2D eigenvalue weighted by molar-refractivity contribution is -0.385. The highest BCUT2D eigenvalue weighted by Gasteiger charge is 2.32. The average Bonchev–Trinajstić information content (AvgIpc) is 2.84. The molecule has 22 heavy (non-hydrogen) atoms. The number of nitro benzene ring substituents is 1. The number of carbonyl (C=O) groups excluding carboxylic acids is 2. The lowest BCUT2D eigenvalue weighted by Gasteiger charge is -2.11. The number of Topliss-reactive ketones (excluding diaryl/α,β-unsaturated/α-hetero) is 1. The summed E-state index contributed by atoms with van der Waals surface area (Å²) in [6.45, 7) is 0. The van der Waals surface area contributed by atoms with Gasteiger partial charge in [0.2, 0.25) is 0 Å². The Balaban J connectivity index is 1.82. The van der Waals surface area contributed by atoms with Gasteiger partial charge in [-0.15, -0.1) is 0 Å². The predicted molar refractivity (Wildman–Crippen MR) is 78.8 cm³/mol. The lowest BCUT2D eigenvalue weighted by atomic mass is 10.1. The van der Waals surface area contributed by atoms with Crippen LogP contribution in [0.1, 0.15) is 26.3 Å². The molecule has 0 aromatic heterocycles. The minimum Gasteiger partial charge on any atom is -0.341 e. The van der Waals surface area contributed by atoms with Gasteiger partial charge in [0.15, 0.2) is 5.78 Å². The number of benzene rings is 2. The maximum atomic E-state index is 12.3. The summed E-state index contributed by atoms with van der Waals surface area (Å²) in [6.07, 6.45) is 0.404. The van der Waals surface area contributed by atoms with Gasteiger partial charge in [0.25, 0.3) is 11.6 Å². The van der Waals surface area contributed by atoms with E-state index >= 15 is 0 Å². The highest BCUT2D eigenvalue weighted by Crippen LogP contribution is 2.23. The maximum Gasteiger partial charge on any atom is 0.282 e. The van der Waals surface area contributed by atoms with Crippen LogP contribution in [-0.4, -0.2) is 22.7 Å². The van der Waals surface area contributed by atoms with Crippen molar-refractivity contribution >= 4 is 17.4 Å². The Morgan fingerprint density at radius 3 is 2.55 bits per heavy atom. The number of fused-ring (bicyclic) bond motifs is 1. The summed E-state index contributed by atoms with van der Waals surface area (Å²) in [5.74, 6) is -0.777. The van der Waals surface area contributed by atoms with Gasteiger partial charge in [0.05, 0.1) is 11.0 Å². The van der Waals surface area contributed by atoms with Crippen LogP contribution in [0.2, 0.25) is 0 Å². The zero-order chi connectivity index (χ0) is 15.7. The van der Waals surface area contributed by atoms with E-state index in [2.05, 4.69) is 5.32 Å². The average molecular weight is 296 g/mol. The van der Waals surface area contributed by atoms with Crippen molar-refractivity contribution < 1.29 is 14.5 Å². The van der Waals surface area contributed by atoms with Crippen LogP contribution < -0.4 is 5.32 Å². The third-order valence-electron chi connectivity index (χ3n) is 3.67. The first-order valence-corrected chi connectivity index (χ1v) is 6.74. The van der Waals surface area contributed by atoms with Crippen LogP contribution in [-0.2, 0) is 6.42 Å². The lowest BCUT2D eigenvalue weighted by Crippen LogP contribution is -2.39. The minimum absolute atomic E-state index is 0.0451. The van der Waals surface area contributed by atoms with Gasteiger partial charge in [-0.05, 0) is 11.6 Å². The molecule has 0 heterocycles. The SMILES string of the molecule is O=C(NC1Cc2ccccc2C1=O)c1ccccc1[N+](=O)[O-]. The Bertz CT molecular complexity index is 785. The van der Waals surface area contributed by atoms with Crippen molar-refractivity contribution in [3.05, 3.63) is 75.3 Å². The second-order valence-electron chi connectivity index (χ2n) is 5.03. The number of nitrogens with zero attached hydrogens (tertiary/aromatic N) is 1. The van der Waals surface area contributed by atoms with Crippen LogP contribution in [0.15, 0.2) is 48.5 Å². The largest absolute Gasteiger partial charge is 0.341 e. The number of hydrogen-bond acceptors (Lipinski definition) is 4. The van der Waals surface area contributed by atoms with E-state index in [-0.39, 0.29) is 17.0 Å². The molecule has 1 amide bonds. The van der Waals surface area contributed by atoms with Crippen LogP contribution in [0, 0.1) is 10.1 Å². The molecule has 0 aliphatic heterocycles. The first-order valence-electron chi connectivity index (χ1n) is 6.74. The fraction of sp³-hybridized carbons (Fsp3) is 0.125. The molecular weight excluding hydrogens is 284 g/mol. The second kappa shape index (κ2) is 5.40. The normalized spacial score (nSPS) is 16.2. The molecule has 1 N–H and O–H groups in total. The Morgan fingerprint density at radius 1 is 1.14 bits per heavy atom. The van der Waals surface area contributed by atoms with Crippen LogP contribution in [0.25, 0.3) is 0 Å². The molecule has 3 rings (SSSR count). The maximum absolute atomic E-state index is 12.3. The first-order chi connectivity index (χ1) is 10.6. The number of nitro groups is 1. The van der Waals surface area contributed by atoms with Crippen molar-refractivity contribution in [3.8, 4) is 0 Å². The summed E-state index contributed by atoms with van der Waals surface area (Å²) in [7, 11) is 0. The summed E-state index contributed by atoms with van der Waals surface area (Å²) in [6, 6.07) is 12.2. The third-order valence-corrected chi connectivity index (χ3v) is 3.67. The Hall–Kier alpha value is -3.02. The van der Waals surface area contributed by atoms with Crippen molar-refractivity contribution in [3.63, 3.8) is 0 Å². The van der Waals surface area contributed by atoms with Gasteiger partial charge in [0, 0.05) is 18.1 Å². The summed E-state index contributed by atoms with van der Waals surface area (Å²) >= 11 is 0. The van der Waals surface area contributed by atoms with E-state index in [9.17, 15) is 19.7 Å². The Labute approximate surface area is 125 Å². The van der Waals surface area contributed by atoms with Gasteiger partial charge in [-0.2, -0.15) is 0 Å². The molecule has 1 atom stereocenters. The molecule has 6 heteroatoms. The zero-order valence-corrected chi connectivity index (χ0v) is 11.5. The Morgan fingerprint density at radius 2 is 1.82 bits per heavy atom. The van der Waals surface area contributed by atoms with Crippen LogP contribution in [0.5, 0.6) is 0 Å². The molecule has 0 spiro atoms. The fourth-order valence-electron chi connectivity index (χ4n) is 2.62. The van der Waals surface area contributed by atoms with E-state index < -0.39 is 16.9 Å². The number of carbonyl (C=O) groups is 2. The van der Waals surface area contributed by atoms with Gasteiger partial charge >= 0.3 is 0 Å². The van der Waals surface area contributed by atoms with Crippen LogP contribution in [0.3, 0.4) is 0 Å². The monoisotopic (exact) mass is 296 g/mol. The van der Waals surface area contributed by atoms with Gasteiger partial charge in [-0.3, -0.25) is 19.7 Å². The molecule has 0 saturated heterocycles. The molecule has 2 aromatic carbocycles. The topological polar surface area (TPSA) is 89.3 Å². The fourth-order valence-corrected chi connectivity index (χ4v) is 2.62. The van der Waals surface area contributed by atoms with E-state index in [4.69, 9.17) is 0 Å². The molecule has 0 saturated carbocycles. The van der Waals surface area contributed by atoms with Gasteiger partial charge in [0.1, 0.15) is 5.56 Å². The summed E-state index contributed by atoms with van der Waals surface area (Å²) in [5, 5.41) is 13.6. The van der Waals surface area contributed by atoms with Gasteiger partial charge < -0.3 is 5.32 Å². The molecule has 0 radical (unpaired) electrons. The Kier molecular flexibility index (Phi) is 3.42. The molecule has 0 fully saturated rings. The zero-order valence-electron chi connectivity index (χ0n) is 11.5. The van der Waals surface area contributed by atoms with E-state index in [1.807, 2.05) is 12.1 Å². The number of ketones is 1. The quantitative estimate of drug-likeness (QED) is 0.694. The smallest absolute Gasteiger partial charge is 0.282 e. The van der Waals surface area contributed by atoms with Crippen molar-refractivity contribution in [1.29, 1.82) is 0 Å². The van der Waals surface area contributed by atoms with Gasteiger partial charge in [-0.25, -0.2) is 0 Å². The number of rotatable bonds is 3. The van der Waals surface area contributed by atoms with Crippen molar-refractivity contribution in [2.45, 2.75) is 12.5 Å². The number of para-hydroxylation sites is 1. The van der Waals surface area contributed by atoms with Crippen LogP contribution >= 0.6 is 0 Å². The summed E-state index contributed by atoms with van der Waals surface area (Å²) in [4.78, 5) is 34.8. The molecular formula is C16H12N2O4. The summed E-state index contributed by atoms with van der Waals surface area (Å²) in [5.41, 5.74) is 1.15. The summed E-state index contributed by atoms with van der Waals surface area (Å²) < 4.78 is 0. The molecule has 1 aliphatic carbocycles. The minimum atomic E-state index is -0.676. The highest BCUT2D eigenvalue weighted by atomic mass is 16.6. The number of nitrogens with one attached hydrogen (secondary N) is 1. The van der Waals surface area contributed by atoms with E-state index in [1.54, 1.807) is 18.2 Å². The molecule has 0 bridgehead atoms. The van der Waals surface area contributed by atoms with Crippen molar-refractivity contribution in [2.75, 3.05) is 0 Å². The first kappa shape index (κ1) is 13.9. The molecule has 1 unspecified atom stereocenters. The standard InChI is InChI=1S/C16H12N2O4/c19-15-11-6-2-1-5-10(11)9-13(15)17-16(20)12-7-3-4-8-14(12)18(21)22/h1-8,13H,9H2,(H,17,20). The molecule has 1 aliphatic rings. The third kappa shape index (κ3) is 2.35. The molecule has 110 valence electrons. The van der Waals surface area contributed by atoms with Crippen molar-refractivity contribution in [1.82, 2.24) is 5.32 Å². The highest BCUT2D eigenvalue weighted by molar-refractivity contribution is 6.08. The van der Waals surface area contributed by atoms with Crippen molar-refractivity contribution in [2.24, 2.45) is 0 Å². The molecule has 2 aromatic rings. The van der Waals surface area contributed by atoms with E-state index in [1.165, 1.54) is 18.2 Å².